The van der Waals surface area contributed by atoms with Crippen LogP contribution in [-0.2, 0) is 0 Å². The number of allylic oxidation sites excluding steroid dienone is 1. The van der Waals surface area contributed by atoms with Crippen molar-refractivity contribution < 1.29 is 0 Å². The smallest absolute Gasteiger partial charge is 0.0247 e. The molecule has 0 spiro atoms. The number of hydrogen-bond donors (Lipinski definition) is 0. The first-order chi connectivity index (χ1) is 6.34. The Bertz CT molecular complexity index is 276. The highest BCUT2D eigenvalue weighted by molar-refractivity contribution is 9.10. The van der Waals surface area contributed by atoms with E-state index in [-0.39, 0.29) is 0 Å². The van der Waals surface area contributed by atoms with Crippen molar-refractivity contribution >= 4 is 22.0 Å². The molecule has 0 fully saturated rings. The van der Waals surface area contributed by atoms with E-state index in [9.17, 15) is 0 Å². The van der Waals surface area contributed by atoms with E-state index in [0.717, 1.165) is 17.3 Å². The van der Waals surface area contributed by atoms with Gasteiger partial charge < -0.3 is 0 Å². The predicted molar refractivity (Wildman–Crippen MR) is 62.4 cm³/mol. The van der Waals surface area contributed by atoms with Crippen molar-refractivity contribution in [2.24, 2.45) is 0 Å². The quantitative estimate of drug-likeness (QED) is 0.679. The predicted octanol–water partition coefficient (Wildman–Crippen LogP) is 4.47. The maximum atomic E-state index is 3.80. The molecule has 0 aliphatic rings. The third kappa shape index (κ3) is 3.77. The molecule has 1 radical (unpaired) electrons. The minimum Gasteiger partial charge on any atom is -0.0839 e. The first kappa shape index (κ1) is 10.5. The van der Waals surface area contributed by atoms with Crippen LogP contribution in [0.25, 0.3) is 6.08 Å². The fourth-order valence-corrected chi connectivity index (χ4v) is 1.50. The number of rotatable bonds is 4. The molecule has 0 heterocycles. The van der Waals surface area contributed by atoms with E-state index < -0.39 is 0 Å². The minimum absolute atomic E-state index is 1.01. The van der Waals surface area contributed by atoms with Crippen LogP contribution in [0.4, 0.5) is 0 Å². The van der Waals surface area contributed by atoms with Crippen molar-refractivity contribution in [1.82, 2.24) is 0 Å². The van der Waals surface area contributed by atoms with Gasteiger partial charge in [0.1, 0.15) is 0 Å². The molecule has 0 aliphatic heterocycles. The molecule has 0 aliphatic carbocycles. The van der Waals surface area contributed by atoms with Crippen LogP contribution in [0.3, 0.4) is 0 Å². The fourth-order valence-electron chi connectivity index (χ4n) is 1.08. The number of unbranched alkanes of at least 4 members (excludes halogenated alkanes) is 2. The van der Waals surface area contributed by atoms with E-state index in [1.54, 1.807) is 0 Å². The van der Waals surface area contributed by atoms with Crippen molar-refractivity contribution in [1.29, 1.82) is 0 Å². The molecule has 13 heavy (non-hydrogen) atoms. The Morgan fingerprint density at radius 2 is 2.08 bits per heavy atom. The first-order valence-electron chi connectivity index (χ1n) is 4.55. The third-order valence-electron chi connectivity index (χ3n) is 1.82. The molecule has 1 aromatic rings. The highest BCUT2D eigenvalue weighted by Gasteiger charge is 1.91. The van der Waals surface area contributed by atoms with Gasteiger partial charge in [-0.15, -0.1) is 0 Å². The fraction of sp³-hybridized carbons (Fsp3) is 0.250. The molecule has 1 aromatic carbocycles. The van der Waals surface area contributed by atoms with Gasteiger partial charge in [0, 0.05) is 4.47 Å². The molecule has 0 nitrogen and oxygen atoms in total. The molecule has 0 N–H and O–H groups in total. The standard InChI is InChI=1S/C12H14Br/c1-2-3-4-5-8-11-9-6-7-10-12(11)13/h5-10H,1-4H2/b8-5+. The van der Waals surface area contributed by atoms with Gasteiger partial charge in [0.2, 0.25) is 0 Å². The Kier molecular flexibility index (Phi) is 4.84. The molecule has 0 amide bonds. The van der Waals surface area contributed by atoms with E-state index in [2.05, 4.69) is 47.1 Å². The second-order valence-corrected chi connectivity index (χ2v) is 3.77. The van der Waals surface area contributed by atoms with Gasteiger partial charge in [-0.05, 0) is 24.5 Å². The molecule has 0 saturated heterocycles. The van der Waals surface area contributed by atoms with E-state index in [4.69, 9.17) is 0 Å². The Morgan fingerprint density at radius 3 is 2.77 bits per heavy atom. The van der Waals surface area contributed by atoms with Crippen LogP contribution in [0.5, 0.6) is 0 Å². The number of hydrogen-bond acceptors (Lipinski definition) is 0. The summed E-state index contributed by atoms with van der Waals surface area (Å²) in [4.78, 5) is 0. The van der Waals surface area contributed by atoms with Crippen LogP contribution in [0.1, 0.15) is 24.8 Å². The SMILES string of the molecule is [CH2]CCC/C=C/c1ccccc1Br. The Morgan fingerprint density at radius 1 is 1.31 bits per heavy atom. The van der Waals surface area contributed by atoms with Crippen LogP contribution in [0.15, 0.2) is 34.8 Å². The number of benzene rings is 1. The van der Waals surface area contributed by atoms with E-state index in [1.165, 1.54) is 12.0 Å². The summed E-state index contributed by atoms with van der Waals surface area (Å²) in [7, 11) is 0. The van der Waals surface area contributed by atoms with E-state index in [1.807, 2.05) is 12.1 Å². The largest absolute Gasteiger partial charge is 0.0839 e. The maximum absolute atomic E-state index is 3.80. The topological polar surface area (TPSA) is 0 Å². The lowest BCUT2D eigenvalue weighted by molar-refractivity contribution is 0.868. The number of halogens is 1. The first-order valence-corrected chi connectivity index (χ1v) is 5.34. The summed E-state index contributed by atoms with van der Waals surface area (Å²) in [5.41, 5.74) is 1.24. The highest BCUT2D eigenvalue weighted by atomic mass is 79.9. The highest BCUT2D eigenvalue weighted by Crippen LogP contribution is 2.17. The van der Waals surface area contributed by atoms with Crippen molar-refractivity contribution in [3.8, 4) is 0 Å². The molecule has 0 atom stereocenters. The summed E-state index contributed by atoms with van der Waals surface area (Å²) >= 11 is 3.50. The Labute approximate surface area is 88.8 Å². The molecule has 0 aromatic heterocycles. The van der Waals surface area contributed by atoms with Gasteiger partial charge in [0.05, 0.1) is 0 Å². The molecule has 1 heteroatoms. The van der Waals surface area contributed by atoms with Crippen molar-refractivity contribution in [2.45, 2.75) is 19.3 Å². The Hall–Kier alpha value is -0.560. The summed E-state index contributed by atoms with van der Waals surface area (Å²) in [6.07, 6.45) is 7.65. The second-order valence-electron chi connectivity index (χ2n) is 2.92. The molecule has 0 unspecified atom stereocenters. The molecule has 69 valence electrons. The normalized spacial score (nSPS) is 10.9. The average Bonchev–Trinajstić information content (AvgIpc) is 2.15. The van der Waals surface area contributed by atoms with Crippen molar-refractivity contribution in [2.75, 3.05) is 0 Å². The summed E-state index contributed by atoms with van der Waals surface area (Å²) in [6, 6.07) is 8.23. The lowest BCUT2D eigenvalue weighted by Gasteiger charge is -1.96. The van der Waals surface area contributed by atoms with Gasteiger partial charge in [0.25, 0.3) is 0 Å². The van der Waals surface area contributed by atoms with Gasteiger partial charge in [0.15, 0.2) is 0 Å². The van der Waals surface area contributed by atoms with Crippen LogP contribution >= 0.6 is 15.9 Å². The minimum atomic E-state index is 1.01. The van der Waals surface area contributed by atoms with Crippen LogP contribution in [0, 0.1) is 6.92 Å². The molecular weight excluding hydrogens is 224 g/mol. The third-order valence-corrected chi connectivity index (χ3v) is 2.55. The maximum Gasteiger partial charge on any atom is 0.0247 e. The zero-order chi connectivity index (χ0) is 9.52. The monoisotopic (exact) mass is 237 g/mol. The van der Waals surface area contributed by atoms with Gasteiger partial charge in [-0.25, -0.2) is 0 Å². The molecular formula is C12H14Br. The average molecular weight is 238 g/mol. The summed E-state index contributed by atoms with van der Waals surface area (Å²) < 4.78 is 1.15. The van der Waals surface area contributed by atoms with E-state index >= 15 is 0 Å². The van der Waals surface area contributed by atoms with Gasteiger partial charge in [-0.2, -0.15) is 0 Å². The van der Waals surface area contributed by atoms with Gasteiger partial charge in [-0.1, -0.05) is 59.6 Å². The van der Waals surface area contributed by atoms with Gasteiger partial charge in [-0.3, -0.25) is 0 Å². The summed E-state index contributed by atoms with van der Waals surface area (Å²) in [5.74, 6) is 0. The van der Waals surface area contributed by atoms with Crippen LogP contribution in [0.2, 0.25) is 0 Å². The van der Waals surface area contributed by atoms with Gasteiger partial charge >= 0.3 is 0 Å². The lowest BCUT2D eigenvalue weighted by Crippen LogP contribution is -1.73. The Balaban J connectivity index is 2.53. The second kappa shape index (κ2) is 5.98. The zero-order valence-electron chi connectivity index (χ0n) is 7.67. The van der Waals surface area contributed by atoms with Crippen LogP contribution in [-0.4, -0.2) is 0 Å². The lowest BCUT2D eigenvalue weighted by atomic mass is 10.2. The zero-order valence-corrected chi connectivity index (χ0v) is 9.26. The molecule has 0 bridgehead atoms. The van der Waals surface area contributed by atoms with E-state index in [0.29, 0.717) is 0 Å². The van der Waals surface area contributed by atoms with Crippen LogP contribution < -0.4 is 0 Å². The summed E-state index contributed by atoms with van der Waals surface area (Å²) in [6.45, 7) is 3.80. The molecule has 1 rings (SSSR count). The van der Waals surface area contributed by atoms with Crippen molar-refractivity contribution in [3.05, 3.63) is 47.3 Å². The summed E-state index contributed by atoms with van der Waals surface area (Å²) in [5, 5.41) is 0. The van der Waals surface area contributed by atoms with Crippen molar-refractivity contribution in [3.63, 3.8) is 0 Å². The molecule has 0 saturated carbocycles.